The highest BCUT2D eigenvalue weighted by Gasteiger charge is 2.16. The first-order chi connectivity index (χ1) is 6.06. The van der Waals surface area contributed by atoms with Crippen LogP contribution in [0, 0.1) is 11.3 Å². The molecule has 0 radical (unpaired) electrons. The lowest BCUT2D eigenvalue weighted by molar-refractivity contribution is 0.152. The largest absolute Gasteiger partial charge is 0.396 e. The van der Waals surface area contributed by atoms with Gasteiger partial charge >= 0.3 is 0 Å². The summed E-state index contributed by atoms with van der Waals surface area (Å²) >= 11 is 5.39. The Labute approximate surface area is 77.7 Å². The van der Waals surface area contributed by atoms with Crippen molar-refractivity contribution >= 4 is 17.3 Å². The van der Waals surface area contributed by atoms with Crippen molar-refractivity contribution in [1.29, 1.82) is 5.26 Å². The van der Waals surface area contributed by atoms with E-state index in [0.717, 1.165) is 6.07 Å². The summed E-state index contributed by atoms with van der Waals surface area (Å²) in [5.74, 6) is 0. The third-order valence-corrected chi connectivity index (χ3v) is 1.59. The van der Waals surface area contributed by atoms with Gasteiger partial charge in [0, 0.05) is 5.56 Å². The van der Waals surface area contributed by atoms with Crippen molar-refractivity contribution in [3.05, 3.63) is 22.5 Å². The number of pyridine rings is 1. The second-order valence-corrected chi connectivity index (χ2v) is 2.60. The molecule has 0 aliphatic heterocycles. The van der Waals surface area contributed by atoms with E-state index in [0.29, 0.717) is 0 Å². The van der Waals surface area contributed by atoms with Crippen LogP contribution >= 0.6 is 11.6 Å². The molecule has 6 heteroatoms. The van der Waals surface area contributed by atoms with Crippen molar-refractivity contribution in [1.82, 2.24) is 4.98 Å². The van der Waals surface area contributed by atoms with Crippen LogP contribution in [0.5, 0.6) is 0 Å². The number of nitrogens with zero attached hydrogens (tertiary/aromatic N) is 2. The van der Waals surface area contributed by atoms with Gasteiger partial charge in [-0.15, -0.1) is 0 Å². The first-order valence-corrected chi connectivity index (χ1v) is 3.58. The van der Waals surface area contributed by atoms with Crippen LogP contribution in [-0.4, -0.2) is 4.98 Å². The van der Waals surface area contributed by atoms with Gasteiger partial charge in [0.05, 0.1) is 5.69 Å². The Morgan fingerprint density at radius 1 is 1.62 bits per heavy atom. The Morgan fingerprint density at radius 2 is 2.23 bits per heavy atom. The summed E-state index contributed by atoms with van der Waals surface area (Å²) in [6.45, 7) is 0. The smallest absolute Gasteiger partial charge is 0.266 e. The molecule has 0 spiro atoms. The highest BCUT2D eigenvalue weighted by molar-refractivity contribution is 6.29. The van der Waals surface area contributed by atoms with Gasteiger partial charge in [-0.2, -0.15) is 5.26 Å². The molecule has 0 atom stereocenters. The highest BCUT2D eigenvalue weighted by Crippen LogP contribution is 2.28. The summed E-state index contributed by atoms with van der Waals surface area (Å²) in [6.07, 6.45) is -2.76. The van der Waals surface area contributed by atoms with Crippen molar-refractivity contribution in [2.45, 2.75) is 6.43 Å². The van der Waals surface area contributed by atoms with Crippen molar-refractivity contribution in [2.75, 3.05) is 5.73 Å². The number of alkyl halides is 2. The average Bonchev–Trinajstić information content (AvgIpc) is 2.08. The van der Waals surface area contributed by atoms with Crippen LogP contribution in [0.2, 0.25) is 5.15 Å². The summed E-state index contributed by atoms with van der Waals surface area (Å²) in [6, 6.07) is 2.52. The quantitative estimate of drug-likeness (QED) is 0.711. The minimum atomic E-state index is -2.76. The highest BCUT2D eigenvalue weighted by atomic mass is 35.5. The molecule has 2 N–H and O–H groups in total. The van der Waals surface area contributed by atoms with E-state index in [1.165, 1.54) is 0 Å². The number of halogens is 3. The number of anilines is 1. The lowest BCUT2D eigenvalue weighted by atomic mass is 10.2. The number of aromatic nitrogens is 1. The zero-order valence-electron chi connectivity index (χ0n) is 6.26. The van der Waals surface area contributed by atoms with E-state index in [-0.39, 0.29) is 16.5 Å². The van der Waals surface area contributed by atoms with Crippen molar-refractivity contribution in [3.8, 4) is 6.07 Å². The molecule has 68 valence electrons. The van der Waals surface area contributed by atoms with Crippen LogP contribution in [0.25, 0.3) is 0 Å². The van der Waals surface area contributed by atoms with Gasteiger partial charge in [0.25, 0.3) is 6.43 Å². The van der Waals surface area contributed by atoms with Gasteiger partial charge in [-0.25, -0.2) is 13.8 Å². The maximum Gasteiger partial charge on any atom is 0.266 e. The van der Waals surface area contributed by atoms with Gasteiger partial charge < -0.3 is 5.73 Å². The third kappa shape index (κ3) is 1.84. The molecular formula is C7H4ClF2N3. The predicted molar refractivity (Wildman–Crippen MR) is 43.3 cm³/mol. The van der Waals surface area contributed by atoms with Gasteiger partial charge in [-0.05, 0) is 6.07 Å². The zero-order chi connectivity index (χ0) is 10.0. The summed E-state index contributed by atoms with van der Waals surface area (Å²) < 4.78 is 24.5. The molecule has 0 aliphatic carbocycles. The van der Waals surface area contributed by atoms with Crippen LogP contribution in [0.1, 0.15) is 17.7 Å². The number of nitrogen functional groups attached to an aromatic ring is 1. The van der Waals surface area contributed by atoms with Crippen LogP contribution in [0.3, 0.4) is 0 Å². The standard InChI is InChI=1S/C7H4ClF2N3/c8-5-1-3(7(9)10)6(12)4(2-11)13-5/h1,7H,12H2. The molecular weight excluding hydrogens is 200 g/mol. The maximum absolute atomic E-state index is 12.2. The van der Waals surface area contributed by atoms with E-state index < -0.39 is 12.0 Å². The maximum atomic E-state index is 12.2. The fourth-order valence-electron chi connectivity index (χ4n) is 0.808. The molecule has 0 fully saturated rings. The molecule has 3 nitrogen and oxygen atoms in total. The van der Waals surface area contributed by atoms with Crippen molar-refractivity contribution in [2.24, 2.45) is 0 Å². The topological polar surface area (TPSA) is 62.7 Å². The number of hydrogen-bond donors (Lipinski definition) is 1. The second-order valence-electron chi connectivity index (χ2n) is 2.21. The van der Waals surface area contributed by atoms with Crippen LogP contribution in [0.15, 0.2) is 6.07 Å². The van der Waals surface area contributed by atoms with Crippen molar-refractivity contribution < 1.29 is 8.78 Å². The first kappa shape index (κ1) is 9.68. The molecule has 0 unspecified atom stereocenters. The fourth-order valence-corrected chi connectivity index (χ4v) is 1.01. The average molecular weight is 204 g/mol. The Balaban J connectivity index is 3.38. The molecule has 1 heterocycles. The lowest BCUT2D eigenvalue weighted by Crippen LogP contribution is -2.00. The number of hydrogen-bond acceptors (Lipinski definition) is 3. The van der Waals surface area contributed by atoms with Crippen LogP contribution < -0.4 is 5.73 Å². The normalized spacial score (nSPS) is 10.1. The minimum Gasteiger partial charge on any atom is -0.396 e. The zero-order valence-corrected chi connectivity index (χ0v) is 7.02. The van der Waals surface area contributed by atoms with Gasteiger partial charge in [0.1, 0.15) is 11.2 Å². The third-order valence-electron chi connectivity index (χ3n) is 1.40. The molecule has 13 heavy (non-hydrogen) atoms. The molecule has 0 aromatic carbocycles. The molecule has 1 aromatic rings. The van der Waals surface area contributed by atoms with Gasteiger partial charge in [0.2, 0.25) is 0 Å². The Kier molecular flexibility index (Phi) is 2.63. The van der Waals surface area contributed by atoms with E-state index in [9.17, 15) is 8.78 Å². The molecule has 0 saturated carbocycles. The monoisotopic (exact) mass is 203 g/mol. The predicted octanol–water partition coefficient (Wildman–Crippen LogP) is 2.13. The molecule has 0 amide bonds. The Hall–Kier alpha value is -1.41. The molecule has 1 rings (SSSR count). The summed E-state index contributed by atoms with van der Waals surface area (Å²) in [4.78, 5) is 3.48. The van der Waals surface area contributed by atoms with Gasteiger partial charge in [0.15, 0.2) is 5.69 Å². The number of nitrogens with two attached hydrogens (primary N) is 1. The SMILES string of the molecule is N#Cc1nc(Cl)cc(C(F)F)c1N. The fraction of sp³-hybridized carbons (Fsp3) is 0.143. The van der Waals surface area contributed by atoms with E-state index in [1.54, 1.807) is 6.07 Å². The Morgan fingerprint density at radius 3 is 2.69 bits per heavy atom. The molecule has 0 saturated heterocycles. The van der Waals surface area contributed by atoms with Crippen LogP contribution in [0.4, 0.5) is 14.5 Å². The minimum absolute atomic E-state index is 0.166. The number of nitriles is 1. The van der Waals surface area contributed by atoms with E-state index in [1.807, 2.05) is 0 Å². The van der Waals surface area contributed by atoms with Gasteiger partial charge in [-0.1, -0.05) is 11.6 Å². The first-order valence-electron chi connectivity index (χ1n) is 3.20. The molecule has 0 aliphatic rings. The summed E-state index contributed by atoms with van der Waals surface area (Å²) in [5.41, 5.74) is 4.19. The van der Waals surface area contributed by atoms with E-state index in [4.69, 9.17) is 22.6 Å². The summed E-state index contributed by atoms with van der Waals surface area (Å²) in [5, 5.41) is 8.29. The second kappa shape index (κ2) is 3.54. The van der Waals surface area contributed by atoms with E-state index in [2.05, 4.69) is 4.98 Å². The number of rotatable bonds is 1. The van der Waals surface area contributed by atoms with Crippen LogP contribution in [-0.2, 0) is 0 Å². The Bertz CT molecular complexity index is 373. The summed E-state index contributed by atoms with van der Waals surface area (Å²) in [7, 11) is 0. The van der Waals surface area contributed by atoms with Gasteiger partial charge in [-0.3, -0.25) is 0 Å². The molecule has 1 aromatic heterocycles. The van der Waals surface area contributed by atoms with E-state index >= 15 is 0 Å². The molecule has 0 bridgehead atoms. The van der Waals surface area contributed by atoms with Crippen molar-refractivity contribution in [3.63, 3.8) is 0 Å². The lowest BCUT2D eigenvalue weighted by Gasteiger charge is -2.05.